The fourth-order valence-corrected chi connectivity index (χ4v) is 2.76. The molecule has 2 aromatic heterocycles. The predicted molar refractivity (Wildman–Crippen MR) is 93.2 cm³/mol. The summed E-state index contributed by atoms with van der Waals surface area (Å²) >= 11 is 6.93. The number of pyridine rings is 1. The van der Waals surface area contributed by atoms with Crippen LogP contribution in [0.4, 0.5) is 14.9 Å². The van der Waals surface area contributed by atoms with Gasteiger partial charge in [0.1, 0.15) is 5.82 Å². The van der Waals surface area contributed by atoms with Gasteiger partial charge in [-0.15, -0.1) is 0 Å². The minimum absolute atomic E-state index is 0.0132. The van der Waals surface area contributed by atoms with E-state index in [0.29, 0.717) is 21.3 Å². The lowest BCUT2D eigenvalue weighted by atomic mass is 10.3. The Morgan fingerprint density at radius 3 is 2.92 bits per heavy atom. The normalized spacial score (nSPS) is 10.6. The number of halogens is 2. The number of nitrogens with zero attached hydrogens (tertiary/aromatic N) is 2. The highest BCUT2D eigenvalue weighted by atomic mass is 35.5. The fraction of sp³-hybridized carbons (Fsp3) is 0.0667. The van der Waals surface area contributed by atoms with Gasteiger partial charge in [0.05, 0.1) is 22.0 Å². The number of H-pyrrole nitrogens is 1. The molecule has 25 heavy (non-hydrogen) atoms. The molecule has 0 fully saturated rings. The summed E-state index contributed by atoms with van der Waals surface area (Å²) in [5.74, 6) is -1.20. The molecule has 1 aromatic carbocycles. The Morgan fingerprint density at radius 2 is 2.12 bits per heavy atom. The highest BCUT2D eigenvalue weighted by molar-refractivity contribution is 7.99. The van der Waals surface area contributed by atoms with Crippen LogP contribution in [0.5, 0.6) is 0 Å². The molecule has 0 aliphatic rings. The molecule has 0 spiro atoms. The van der Waals surface area contributed by atoms with Gasteiger partial charge in [0, 0.05) is 6.20 Å². The lowest BCUT2D eigenvalue weighted by Gasteiger charge is -2.06. The van der Waals surface area contributed by atoms with Crippen LogP contribution in [-0.2, 0) is 4.79 Å². The molecule has 10 heteroatoms. The topological polar surface area (TPSA) is 99.8 Å². The van der Waals surface area contributed by atoms with E-state index < -0.39 is 17.8 Å². The van der Waals surface area contributed by atoms with Crippen molar-refractivity contribution in [3.8, 4) is 0 Å². The quantitative estimate of drug-likeness (QED) is 0.604. The van der Waals surface area contributed by atoms with Gasteiger partial charge < -0.3 is 10.3 Å². The van der Waals surface area contributed by atoms with Crippen molar-refractivity contribution in [1.82, 2.24) is 20.3 Å². The van der Waals surface area contributed by atoms with Crippen molar-refractivity contribution in [1.29, 1.82) is 0 Å². The van der Waals surface area contributed by atoms with E-state index in [9.17, 15) is 14.0 Å². The number of imidazole rings is 1. The number of amides is 3. The molecule has 3 aromatic rings. The number of rotatable bonds is 4. The first-order valence-corrected chi connectivity index (χ1v) is 8.37. The molecular formula is C15H11ClFN5O2S. The second-order valence-electron chi connectivity index (χ2n) is 4.84. The van der Waals surface area contributed by atoms with Crippen LogP contribution in [0.2, 0.25) is 5.02 Å². The van der Waals surface area contributed by atoms with Crippen molar-refractivity contribution in [2.75, 3.05) is 11.1 Å². The molecule has 2 heterocycles. The summed E-state index contributed by atoms with van der Waals surface area (Å²) in [5, 5.41) is 5.31. The Morgan fingerprint density at radius 1 is 1.32 bits per heavy atom. The summed E-state index contributed by atoms with van der Waals surface area (Å²) < 4.78 is 13.4. The fourth-order valence-electron chi connectivity index (χ4n) is 1.93. The Labute approximate surface area is 150 Å². The van der Waals surface area contributed by atoms with Gasteiger partial charge in [0.15, 0.2) is 10.8 Å². The monoisotopic (exact) mass is 379 g/mol. The molecule has 0 atom stereocenters. The van der Waals surface area contributed by atoms with E-state index in [1.807, 2.05) is 0 Å². The van der Waals surface area contributed by atoms with Crippen molar-refractivity contribution in [2.45, 2.75) is 5.16 Å². The van der Waals surface area contributed by atoms with Gasteiger partial charge in [0.25, 0.3) is 0 Å². The number of imide groups is 1. The molecule has 3 rings (SSSR count). The summed E-state index contributed by atoms with van der Waals surface area (Å²) in [7, 11) is 0. The molecular weight excluding hydrogens is 369 g/mol. The van der Waals surface area contributed by atoms with Crippen molar-refractivity contribution in [3.05, 3.63) is 47.4 Å². The first-order chi connectivity index (χ1) is 12.0. The van der Waals surface area contributed by atoms with Crippen LogP contribution in [-0.4, -0.2) is 32.6 Å². The second-order valence-corrected chi connectivity index (χ2v) is 6.24. The van der Waals surface area contributed by atoms with E-state index in [1.54, 1.807) is 12.1 Å². The third kappa shape index (κ3) is 4.46. The number of benzene rings is 1. The maximum absolute atomic E-state index is 13.4. The predicted octanol–water partition coefficient (Wildman–Crippen LogP) is 3.19. The SMILES string of the molecule is O=C(CSc1nc2ncc(Cl)cc2[nH]1)NC(=O)Nc1ccccc1F. The number of urea groups is 1. The van der Waals surface area contributed by atoms with E-state index >= 15 is 0 Å². The lowest BCUT2D eigenvalue weighted by molar-refractivity contribution is -0.117. The van der Waals surface area contributed by atoms with E-state index in [-0.39, 0.29) is 11.4 Å². The summed E-state index contributed by atoms with van der Waals surface area (Å²) in [6, 6.07) is 6.51. The summed E-state index contributed by atoms with van der Waals surface area (Å²) in [6.45, 7) is 0. The van der Waals surface area contributed by atoms with Crippen molar-refractivity contribution in [3.63, 3.8) is 0 Å². The molecule has 0 saturated heterocycles. The highest BCUT2D eigenvalue weighted by Gasteiger charge is 2.12. The van der Waals surface area contributed by atoms with Crippen LogP contribution >= 0.6 is 23.4 Å². The van der Waals surface area contributed by atoms with Gasteiger partial charge in [0.2, 0.25) is 5.91 Å². The average Bonchev–Trinajstić information content (AvgIpc) is 2.97. The van der Waals surface area contributed by atoms with Crippen molar-refractivity contribution >= 4 is 52.2 Å². The van der Waals surface area contributed by atoms with Crippen LogP contribution in [0.25, 0.3) is 11.2 Å². The number of para-hydroxylation sites is 1. The van der Waals surface area contributed by atoms with Gasteiger partial charge in [-0.1, -0.05) is 35.5 Å². The third-order valence-corrected chi connectivity index (χ3v) is 4.08. The van der Waals surface area contributed by atoms with Gasteiger partial charge in [-0.2, -0.15) is 0 Å². The molecule has 0 bridgehead atoms. The first kappa shape index (κ1) is 17.2. The molecule has 7 nitrogen and oxygen atoms in total. The highest BCUT2D eigenvalue weighted by Crippen LogP contribution is 2.20. The van der Waals surface area contributed by atoms with E-state index in [4.69, 9.17) is 11.6 Å². The van der Waals surface area contributed by atoms with Crippen LogP contribution in [0, 0.1) is 5.82 Å². The molecule has 0 saturated carbocycles. The van der Waals surface area contributed by atoms with Crippen LogP contribution < -0.4 is 10.6 Å². The van der Waals surface area contributed by atoms with E-state index in [2.05, 4.69) is 25.6 Å². The Kier molecular flexibility index (Phi) is 5.15. The summed E-state index contributed by atoms with van der Waals surface area (Å²) in [6.07, 6.45) is 1.47. The Hall–Kier alpha value is -2.65. The molecule has 128 valence electrons. The number of fused-ring (bicyclic) bond motifs is 1. The van der Waals surface area contributed by atoms with E-state index in [1.165, 1.54) is 24.4 Å². The number of carbonyl (C=O) groups is 2. The van der Waals surface area contributed by atoms with Crippen molar-refractivity contribution < 1.29 is 14.0 Å². The standard InChI is InChI=1S/C15H11ClFN5O2S/c16-8-5-11-13(18-6-8)22-15(20-11)25-7-12(23)21-14(24)19-10-4-2-1-3-9(10)17/h1-6H,7H2,(H,18,20,22)(H2,19,21,23,24). The van der Waals surface area contributed by atoms with Gasteiger partial charge in [-0.25, -0.2) is 19.2 Å². The first-order valence-electron chi connectivity index (χ1n) is 7.00. The van der Waals surface area contributed by atoms with Crippen LogP contribution in [0.15, 0.2) is 41.7 Å². The molecule has 0 radical (unpaired) electrons. The maximum atomic E-state index is 13.4. The van der Waals surface area contributed by atoms with E-state index in [0.717, 1.165) is 11.8 Å². The summed E-state index contributed by atoms with van der Waals surface area (Å²) in [4.78, 5) is 34.7. The number of nitrogens with one attached hydrogen (secondary N) is 3. The molecule has 0 aliphatic carbocycles. The Balaban J connectivity index is 1.53. The average molecular weight is 380 g/mol. The van der Waals surface area contributed by atoms with Gasteiger partial charge >= 0.3 is 6.03 Å². The van der Waals surface area contributed by atoms with Crippen molar-refractivity contribution in [2.24, 2.45) is 0 Å². The minimum atomic E-state index is -0.811. The summed E-state index contributed by atoms with van der Waals surface area (Å²) in [5.41, 5.74) is 1.11. The smallest absolute Gasteiger partial charge is 0.325 e. The zero-order valence-electron chi connectivity index (χ0n) is 12.5. The van der Waals surface area contributed by atoms with Crippen LogP contribution in [0.3, 0.4) is 0 Å². The number of hydrogen-bond donors (Lipinski definition) is 3. The molecule has 3 amide bonds. The number of aromatic amines is 1. The minimum Gasteiger partial charge on any atom is -0.331 e. The number of thioether (sulfide) groups is 1. The van der Waals surface area contributed by atoms with Gasteiger partial charge in [-0.05, 0) is 18.2 Å². The number of anilines is 1. The number of aromatic nitrogens is 3. The molecule has 0 aliphatic heterocycles. The molecule has 3 N–H and O–H groups in total. The second kappa shape index (κ2) is 7.49. The largest absolute Gasteiger partial charge is 0.331 e. The zero-order chi connectivity index (χ0) is 17.8. The maximum Gasteiger partial charge on any atom is 0.325 e. The van der Waals surface area contributed by atoms with Gasteiger partial charge in [-0.3, -0.25) is 10.1 Å². The lowest BCUT2D eigenvalue weighted by Crippen LogP contribution is -2.35. The third-order valence-electron chi connectivity index (χ3n) is 3.00. The molecule has 0 unspecified atom stereocenters. The zero-order valence-corrected chi connectivity index (χ0v) is 14.1. The number of carbonyl (C=O) groups excluding carboxylic acids is 2. The number of hydrogen-bond acceptors (Lipinski definition) is 5. The van der Waals surface area contributed by atoms with Crippen LogP contribution in [0.1, 0.15) is 0 Å². The Bertz CT molecular complexity index is 949.